The van der Waals surface area contributed by atoms with Crippen LogP contribution in [-0.4, -0.2) is 5.51 Å². The van der Waals surface area contributed by atoms with Gasteiger partial charge in [0.25, 0.3) is 0 Å². The zero-order valence-corrected chi connectivity index (χ0v) is 12.9. The van der Waals surface area contributed by atoms with Crippen LogP contribution in [0.4, 0.5) is 18.9 Å². The highest BCUT2D eigenvalue weighted by molar-refractivity contribution is 8.00. The fourth-order valence-corrected chi connectivity index (χ4v) is 2.72. The van der Waals surface area contributed by atoms with Crippen LogP contribution >= 0.6 is 35.0 Å². The summed E-state index contributed by atoms with van der Waals surface area (Å²) < 4.78 is 37.5. The van der Waals surface area contributed by atoms with Crippen LogP contribution < -0.4 is 5.32 Å². The zero-order chi connectivity index (χ0) is 15.5. The van der Waals surface area contributed by atoms with Crippen LogP contribution in [0.15, 0.2) is 47.4 Å². The number of anilines is 1. The van der Waals surface area contributed by atoms with Gasteiger partial charge in [-0.3, -0.25) is 0 Å². The van der Waals surface area contributed by atoms with E-state index in [1.165, 1.54) is 6.07 Å². The number of hydrogen-bond donors (Lipinski definition) is 1. The molecule has 0 aromatic heterocycles. The minimum absolute atomic E-state index is 0.114. The molecule has 0 heterocycles. The van der Waals surface area contributed by atoms with Crippen LogP contribution in [-0.2, 0) is 6.54 Å². The molecule has 0 aliphatic rings. The number of para-hydroxylation sites is 1. The molecule has 0 bridgehead atoms. The molecule has 0 saturated heterocycles. The van der Waals surface area contributed by atoms with E-state index in [9.17, 15) is 13.2 Å². The molecule has 0 spiro atoms. The summed E-state index contributed by atoms with van der Waals surface area (Å²) in [5, 5.41) is 3.99. The van der Waals surface area contributed by atoms with Crippen LogP contribution in [0.1, 0.15) is 5.56 Å². The number of alkyl halides is 3. The van der Waals surface area contributed by atoms with Crippen LogP contribution in [0.5, 0.6) is 0 Å². The lowest BCUT2D eigenvalue weighted by molar-refractivity contribution is -0.0327. The Morgan fingerprint density at radius 1 is 1.05 bits per heavy atom. The number of thioether (sulfide) groups is 1. The molecule has 21 heavy (non-hydrogen) atoms. The smallest absolute Gasteiger partial charge is 0.380 e. The summed E-state index contributed by atoms with van der Waals surface area (Å²) >= 11 is 11.8. The van der Waals surface area contributed by atoms with Gasteiger partial charge in [-0.25, -0.2) is 0 Å². The van der Waals surface area contributed by atoms with E-state index in [0.29, 0.717) is 15.7 Å². The van der Waals surface area contributed by atoms with Crippen molar-refractivity contribution >= 4 is 40.7 Å². The summed E-state index contributed by atoms with van der Waals surface area (Å²) in [7, 11) is 0. The minimum Gasteiger partial charge on any atom is -0.380 e. The van der Waals surface area contributed by atoms with Gasteiger partial charge in [0.15, 0.2) is 0 Å². The summed E-state index contributed by atoms with van der Waals surface area (Å²) in [5.74, 6) is 0. The Labute approximate surface area is 134 Å². The number of benzene rings is 2. The Balaban J connectivity index is 2.15. The van der Waals surface area contributed by atoms with E-state index in [2.05, 4.69) is 5.32 Å². The summed E-state index contributed by atoms with van der Waals surface area (Å²) in [6, 6.07) is 11.2. The Bertz CT molecular complexity index is 632. The predicted octanol–water partition coefficient (Wildman–Crippen LogP) is 6.22. The first-order valence-corrected chi connectivity index (χ1v) is 7.45. The molecule has 1 N–H and O–H groups in total. The average Bonchev–Trinajstić information content (AvgIpc) is 2.39. The normalized spacial score (nSPS) is 11.5. The lowest BCUT2D eigenvalue weighted by Crippen LogP contribution is -2.04. The molecule has 2 aromatic carbocycles. The SMILES string of the molecule is FC(F)(F)Sc1ccccc1NCc1cc(Cl)ccc1Cl. The van der Waals surface area contributed by atoms with E-state index in [0.717, 1.165) is 5.56 Å². The highest BCUT2D eigenvalue weighted by Gasteiger charge is 2.30. The minimum atomic E-state index is -4.33. The second-order valence-electron chi connectivity index (χ2n) is 4.13. The van der Waals surface area contributed by atoms with E-state index in [1.54, 1.807) is 36.4 Å². The molecule has 0 aliphatic heterocycles. The van der Waals surface area contributed by atoms with Crippen molar-refractivity contribution < 1.29 is 13.2 Å². The maximum atomic E-state index is 12.5. The lowest BCUT2D eigenvalue weighted by Gasteiger charge is -2.13. The molecule has 2 rings (SSSR count). The monoisotopic (exact) mass is 351 g/mol. The maximum Gasteiger partial charge on any atom is 0.446 e. The number of hydrogen-bond acceptors (Lipinski definition) is 2. The molecule has 0 unspecified atom stereocenters. The first kappa shape index (κ1) is 16.3. The Morgan fingerprint density at radius 3 is 2.48 bits per heavy atom. The topological polar surface area (TPSA) is 12.0 Å². The molecule has 0 amide bonds. The quantitative estimate of drug-likeness (QED) is 0.656. The molecule has 0 atom stereocenters. The van der Waals surface area contributed by atoms with Gasteiger partial charge in [-0.05, 0) is 47.7 Å². The van der Waals surface area contributed by atoms with Crippen LogP contribution in [0.3, 0.4) is 0 Å². The molecule has 0 fully saturated rings. The third kappa shape index (κ3) is 5.02. The van der Waals surface area contributed by atoms with Gasteiger partial charge in [-0.2, -0.15) is 13.2 Å². The maximum absolute atomic E-state index is 12.5. The fraction of sp³-hybridized carbons (Fsp3) is 0.143. The molecule has 1 nitrogen and oxygen atoms in total. The van der Waals surface area contributed by atoms with E-state index in [4.69, 9.17) is 23.2 Å². The first-order valence-electron chi connectivity index (χ1n) is 5.88. The van der Waals surface area contributed by atoms with Crippen molar-refractivity contribution in [3.63, 3.8) is 0 Å². The Kier molecular flexibility index (Phi) is 5.30. The molecule has 0 saturated carbocycles. The van der Waals surface area contributed by atoms with Crippen LogP contribution in [0.2, 0.25) is 10.0 Å². The van der Waals surface area contributed by atoms with Crippen molar-refractivity contribution in [1.82, 2.24) is 0 Å². The number of halogens is 5. The largest absolute Gasteiger partial charge is 0.446 e. The van der Waals surface area contributed by atoms with Gasteiger partial charge in [0, 0.05) is 27.2 Å². The van der Waals surface area contributed by atoms with Crippen molar-refractivity contribution in [1.29, 1.82) is 0 Å². The summed E-state index contributed by atoms with van der Waals surface area (Å²) in [6.07, 6.45) is 0. The Morgan fingerprint density at radius 2 is 1.76 bits per heavy atom. The second-order valence-corrected chi connectivity index (χ2v) is 6.08. The van der Waals surface area contributed by atoms with Gasteiger partial charge in [0.2, 0.25) is 0 Å². The molecule has 0 aliphatic carbocycles. The van der Waals surface area contributed by atoms with Crippen molar-refractivity contribution in [3.8, 4) is 0 Å². The molecular formula is C14H10Cl2F3NS. The van der Waals surface area contributed by atoms with Crippen molar-refractivity contribution in [2.24, 2.45) is 0 Å². The van der Waals surface area contributed by atoms with Gasteiger partial charge in [0.05, 0.1) is 0 Å². The van der Waals surface area contributed by atoms with E-state index in [-0.39, 0.29) is 23.2 Å². The van der Waals surface area contributed by atoms with Crippen LogP contribution in [0, 0.1) is 0 Å². The van der Waals surface area contributed by atoms with Crippen molar-refractivity contribution in [2.75, 3.05) is 5.32 Å². The van der Waals surface area contributed by atoms with E-state index >= 15 is 0 Å². The molecule has 0 radical (unpaired) electrons. The summed E-state index contributed by atoms with van der Waals surface area (Å²) in [4.78, 5) is 0.114. The Hall–Kier alpha value is -1.04. The second kappa shape index (κ2) is 6.81. The number of nitrogens with one attached hydrogen (secondary N) is 1. The average molecular weight is 352 g/mol. The van der Waals surface area contributed by atoms with Crippen molar-refractivity contribution in [3.05, 3.63) is 58.1 Å². The predicted molar refractivity (Wildman–Crippen MR) is 82.1 cm³/mol. The highest BCUT2D eigenvalue weighted by atomic mass is 35.5. The van der Waals surface area contributed by atoms with E-state index < -0.39 is 5.51 Å². The fourth-order valence-electron chi connectivity index (χ4n) is 1.70. The highest BCUT2D eigenvalue weighted by Crippen LogP contribution is 2.40. The van der Waals surface area contributed by atoms with Gasteiger partial charge >= 0.3 is 5.51 Å². The van der Waals surface area contributed by atoms with Gasteiger partial charge in [-0.15, -0.1) is 0 Å². The standard InChI is InChI=1S/C14H10Cl2F3NS/c15-10-5-6-11(16)9(7-10)8-20-12-3-1-2-4-13(12)21-14(17,18)19/h1-7,20H,8H2. The third-order valence-electron chi connectivity index (χ3n) is 2.59. The van der Waals surface area contributed by atoms with Crippen molar-refractivity contribution in [2.45, 2.75) is 16.9 Å². The zero-order valence-electron chi connectivity index (χ0n) is 10.5. The van der Waals surface area contributed by atoms with Gasteiger partial charge in [-0.1, -0.05) is 35.3 Å². The lowest BCUT2D eigenvalue weighted by atomic mass is 10.2. The first-order chi connectivity index (χ1) is 9.85. The molecular weight excluding hydrogens is 342 g/mol. The summed E-state index contributed by atoms with van der Waals surface area (Å²) in [6.45, 7) is 0.287. The molecule has 112 valence electrons. The van der Waals surface area contributed by atoms with Gasteiger partial charge in [0.1, 0.15) is 0 Å². The third-order valence-corrected chi connectivity index (χ3v) is 4.00. The van der Waals surface area contributed by atoms with Crippen LogP contribution in [0.25, 0.3) is 0 Å². The number of rotatable bonds is 4. The molecule has 2 aromatic rings. The van der Waals surface area contributed by atoms with Gasteiger partial charge < -0.3 is 5.32 Å². The summed E-state index contributed by atoms with van der Waals surface area (Å²) in [5.41, 5.74) is -3.21. The van der Waals surface area contributed by atoms with E-state index in [1.807, 2.05) is 0 Å². The molecule has 7 heteroatoms.